The first-order chi connectivity index (χ1) is 8.17. The summed E-state index contributed by atoms with van der Waals surface area (Å²) in [6.45, 7) is 4.56. The minimum Gasteiger partial charge on any atom is -0.480 e. The van der Waals surface area contributed by atoms with E-state index in [0.29, 0.717) is 6.42 Å². The van der Waals surface area contributed by atoms with Crippen LogP contribution in [0.3, 0.4) is 0 Å². The first-order valence-corrected chi connectivity index (χ1v) is 6.78. The first-order valence-electron chi connectivity index (χ1n) is 6.78. The maximum absolute atomic E-state index is 11.1. The molecule has 0 amide bonds. The summed E-state index contributed by atoms with van der Waals surface area (Å²) < 4.78 is 5.95. The second kappa shape index (κ2) is 5.36. The predicted molar refractivity (Wildman–Crippen MR) is 65.1 cm³/mol. The number of aliphatic carboxylic acids is 1. The number of hydrogen-bond donors (Lipinski definition) is 1. The lowest BCUT2D eigenvalue weighted by Crippen LogP contribution is -2.52. The fraction of sp³-hybridized carbons (Fsp3) is 0.923. The molecule has 1 unspecified atom stereocenters. The van der Waals surface area contributed by atoms with Gasteiger partial charge in [-0.3, -0.25) is 9.69 Å². The standard InChI is InChI=1S/C13H23NO3/c1-2-11(12(15)16)14-8-6-13(7-9-14)5-3-4-10-17-13/h11H,2-10H2,1H3,(H,15,16). The summed E-state index contributed by atoms with van der Waals surface area (Å²) in [5.74, 6) is -0.687. The third kappa shape index (κ3) is 2.80. The highest BCUT2D eigenvalue weighted by atomic mass is 16.5. The Morgan fingerprint density at radius 2 is 2.06 bits per heavy atom. The summed E-state index contributed by atoms with van der Waals surface area (Å²) in [4.78, 5) is 13.2. The van der Waals surface area contributed by atoms with Gasteiger partial charge in [0.1, 0.15) is 6.04 Å². The van der Waals surface area contributed by atoms with Crippen molar-refractivity contribution in [1.29, 1.82) is 0 Å². The molecule has 98 valence electrons. The van der Waals surface area contributed by atoms with Gasteiger partial charge in [-0.1, -0.05) is 6.92 Å². The van der Waals surface area contributed by atoms with Crippen LogP contribution in [0.25, 0.3) is 0 Å². The van der Waals surface area contributed by atoms with E-state index in [9.17, 15) is 4.79 Å². The van der Waals surface area contributed by atoms with Crippen LogP contribution in [0.4, 0.5) is 0 Å². The number of ether oxygens (including phenoxy) is 1. The smallest absolute Gasteiger partial charge is 0.320 e. The highest BCUT2D eigenvalue weighted by Gasteiger charge is 2.39. The predicted octanol–water partition coefficient (Wildman–Crippen LogP) is 1.88. The molecule has 2 saturated heterocycles. The van der Waals surface area contributed by atoms with E-state index in [0.717, 1.165) is 39.0 Å². The molecule has 0 aromatic carbocycles. The number of hydrogen-bond acceptors (Lipinski definition) is 3. The first kappa shape index (κ1) is 12.8. The lowest BCUT2D eigenvalue weighted by atomic mass is 9.84. The summed E-state index contributed by atoms with van der Waals surface area (Å²) in [7, 11) is 0. The lowest BCUT2D eigenvalue weighted by molar-refractivity contribution is -0.149. The lowest BCUT2D eigenvalue weighted by Gasteiger charge is -2.45. The van der Waals surface area contributed by atoms with Crippen LogP contribution in [0.1, 0.15) is 45.4 Å². The molecule has 4 heteroatoms. The van der Waals surface area contributed by atoms with Crippen LogP contribution in [0, 0.1) is 0 Å². The van der Waals surface area contributed by atoms with E-state index in [1.807, 2.05) is 6.92 Å². The van der Waals surface area contributed by atoms with Gasteiger partial charge in [0.25, 0.3) is 0 Å². The Labute approximate surface area is 103 Å². The van der Waals surface area contributed by atoms with Crippen molar-refractivity contribution < 1.29 is 14.6 Å². The van der Waals surface area contributed by atoms with E-state index in [-0.39, 0.29) is 11.6 Å². The van der Waals surface area contributed by atoms with E-state index < -0.39 is 5.97 Å². The van der Waals surface area contributed by atoms with Gasteiger partial charge >= 0.3 is 5.97 Å². The normalized spacial score (nSPS) is 26.9. The Morgan fingerprint density at radius 1 is 1.35 bits per heavy atom. The van der Waals surface area contributed by atoms with E-state index >= 15 is 0 Å². The summed E-state index contributed by atoms with van der Waals surface area (Å²) in [5.41, 5.74) is 0.0749. The molecule has 17 heavy (non-hydrogen) atoms. The van der Waals surface area contributed by atoms with Gasteiger partial charge in [0.15, 0.2) is 0 Å². The number of carboxylic acids is 1. The molecule has 2 fully saturated rings. The highest BCUT2D eigenvalue weighted by molar-refractivity contribution is 5.73. The van der Waals surface area contributed by atoms with Gasteiger partial charge in [-0.2, -0.15) is 0 Å². The van der Waals surface area contributed by atoms with Crippen LogP contribution >= 0.6 is 0 Å². The summed E-state index contributed by atoms with van der Waals surface area (Å²) >= 11 is 0. The van der Waals surface area contributed by atoms with Crippen molar-refractivity contribution in [1.82, 2.24) is 4.90 Å². The third-order valence-electron chi connectivity index (χ3n) is 4.26. The minimum atomic E-state index is -0.687. The van der Waals surface area contributed by atoms with Crippen molar-refractivity contribution in [3.05, 3.63) is 0 Å². The van der Waals surface area contributed by atoms with Crippen LogP contribution in [-0.4, -0.2) is 47.3 Å². The average molecular weight is 241 g/mol. The minimum absolute atomic E-state index is 0.0749. The Kier molecular flexibility index (Phi) is 4.05. The number of carboxylic acid groups (broad SMARTS) is 1. The molecule has 2 rings (SSSR count). The monoisotopic (exact) mass is 241 g/mol. The van der Waals surface area contributed by atoms with Gasteiger partial charge in [0.2, 0.25) is 0 Å². The van der Waals surface area contributed by atoms with Crippen LogP contribution in [-0.2, 0) is 9.53 Å². The molecule has 0 saturated carbocycles. The number of nitrogens with zero attached hydrogens (tertiary/aromatic N) is 1. The zero-order valence-electron chi connectivity index (χ0n) is 10.7. The number of likely N-dealkylation sites (tertiary alicyclic amines) is 1. The summed E-state index contributed by atoms with van der Waals surface area (Å²) in [6.07, 6.45) is 6.27. The Morgan fingerprint density at radius 3 is 2.53 bits per heavy atom. The van der Waals surface area contributed by atoms with Crippen LogP contribution < -0.4 is 0 Å². The molecule has 2 aliphatic heterocycles. The third-order valence-corrected chi connectivity index (χ3v) is 4.26. The van der Waals surface area contributed by atoms with E-state index in [4.69, 9.17) is 9.84 Å². The van der Waals surface area contributed by atoms with Crippen molar-refractivity contribution in [3.8, 4) is 0 Å². The van der Waals surface area contributed by atoms with E-state index in [1.54, 1.807) is 0 Å². The van der Waals surface area contributed by atoms with Gasteiger partial charge in [0.05, 0.1) is 5.60 Å². The summed E-state index contributed by atoms with van der Waals surface area (Å²) in [6, 6.07) is -0.309. The number of piperidine rings is 1. The van der Waals surface area contributed by atoms with Crippen molar-refractivity contribution >= 4 is 5.97 Å². The molecular formula is C13H23NO3. The van der Waals surface area contributed by atoms with Crippen LogP contribution in [0.2, 0.25) is 0 Å². The van der Waals surface area contributed by atoms with E-state index in [1.165, 1.54) is 12.8 Å². The molecule has 1 N–H and O–H groups in total. The van der Waals surface area contributed by atoms with Gasteiger partial charge < -0.3 is 9.84 Å². The molecule has 0 aliphatic carbocycles. The molecular weight excluding hydrogens is 218 g/mol. The zero-order chi connectivity index (χ0) is 12.3. The Balaban J connectivity index is 1.90. The average Bonchev–Trinajstić information content (AvgIpc) is 2.33. The topological polar surface area (TPSA) is 49.8 Å². The largest absolute Gasteiger partial charge is 0.480 e. The van der Waals surface area contributed by atoms with E-state index in [2.05, 4.69) is 4.90 Å². The zero-order valence-corrected chi connectivity index (χ0v) is 10.7. The van der Waals surface area contributed by atoms with Crippen molar-refractivity contribution in [2.45, 2.75) is 57.1 Å². The van der Waals surface area contributed by atoms with Gasteiger partial charge in [-0.15, -0.1) is 0 Å². The van der Waals surface area contributed by atoms with Crippen molar-refractivity contribution in [3.63, 3.8) is 0 Å². The molecule has 0 aromatic rings. The van der Waals surface area contributed by atoms with Gasteiger partial charge in [0, 0.05) is 19.7 Å². The molecule has 0 aromatic heterocycles. The van der Waals surface area contributed by atoms with Crippen LogP contribution in [0.15, 0.2) is 0 Å². The molecule has 1 spiro atoms. The Hall–Kier alpha value is -0.610. The molecule has 4 nitrogen and oxygen atoms in total. The SMILES string of the molecule is CCC(C(=O)O)N1CCC2(CCCCO2)CC1. The second-order valence-electron chi connectivity index (χ2n) is 5.29. The second-order valence-corrected chi connectivity index (χ2v) is 5.29. The fourth-order valence-corrected chi connectivity index (χ4v) is 3.14. The molecule has 2 aliphatic rings. The molecule has 1 atom stereocenters. The maximum atomic E-state index is 11.1. The molecule has 0 radical (unpaired) electrons. The molecule has 2 heterocycles. The van der Waals surface area contributed by atoms with Crippen molar-refractivity contribution in [2.75, 3.05) is 19.7 Å². The maximum Gasteiger partial charge on any atom is 0.320 e. The number of rotatable bonds is 3. The van der Waals surface area contributed by atoms with Gasteiger partial charge in [-0.25, -0.2) is 0 Å². The Bertz CT molecular complexity index is 264. The van der Waals surface area contributed by atoms with Crippen LogP contribution in [0.5, 0.6) is 0 Å². The number of carbonyl (C=O) groups is 1. The highest BCUT2D eigenvalue weighted by Crippen LogP contribution is 2.35. The summed E-state index contributed by atoms with van der Waals surface area (Å²) in [5, 5.41) is 9.15. The molecule has 0 bridgehead atoms. The van der Waals surface area contributed by atoms with Crippen molar-refractivity contribution in [2.24, 2.45) is 0 Å². The van der Waals surface area contributed by atoms with Gasteiger partial charge in [-0.05, 0) is 38.5 Å². The quantitative estimate of drug-likeness (QED) is 0.819. The fourth-order valence-electron chi connectivity index (χ4n) is 3.14.